The fraction of sp³-hybridized carbons (Fsp3) is 0.652. The van der Waals surface area contributed by atoms with Crippen LogP contribution in [-0.4, -0.2) is 28.4 Å². The van der Waals surface area contributed by atoms with Gasteiger partial charge in [-0.3, -0.25) is 14.4 Å². The maximum absolute atomic E-state index is 13.5. The summed E-state index contributed by atoms with van der Waals surface area (Å²) in [4.78, 5) is 49.4. The topological polar surface area (TPSA) is 88.5 Å². The number of aliphatic carboxylic acids is 1. The number of ketones is 3. The first-order valence-corrected chi connectivity index (χ1v) is 10.3. The molecule has 3 saturated carbocycles. The molecule has 4 rings (SSSR count). The SMILES string of the molecule is C[C@@H]1C[C@H]2[C@@H]3C[C@H](C)C4=CC(=O)C=C[C@]4(C)[C@H]3C(=O)C[C@]2(C)[C@H]1C(=O)C(=O)O. The molecule has 1 N–H and O–H groups in total. The van der Waals surface area contributed by atoms with Gasteiger partial charge in [-0.05, 0) is 54.1 Å². The maximum atomic E-state index is 13.5. The summed E-state index contributed by atoms with van der Waals surface area (Å²) in [6.07, 6.45) is 7.02. The van der Waals surface area contributed by atoms with E-state index in [1.807, 2.05) is 19.9 Å². The summed E-state index contributed by atoms with van der Waals surface area (Å²) in [5.41, 5.74) is -0.0202. The summed E-state index contributed by atoms with van der Waals surface area (Å²) >= 11 is 0. The predicted octanol–water partition coefficient (Wildman–Crippen LogP) is 3.24. The van der Waals surface area contributed by atoms with E-state index >= 15 is 0 Å². The van der Waals surface area contributed by atoms with E-state index in [9.17, 15) is 24.3 Å². The van der Waals surface area contributed by atoms with Crippen molar-refractivity contribution in [2.24, 2.45) is 46.3 Å². The van der Waals surface area contributed by atoms with Crippen LogP contribution in [0.3, 0.4) is 0 Å². The molecule has 0 aromatic heterocycles. The van der Waals surface area contributed by atoms with E-state index in [0.29, 0.717) is 0 Å². The van der Waals surface area contributed by atoms with Crippen LogP contribution in [0.1, 0.15) is 47.0 Å². The number of rotatable bonds is 2. The highest BCUT2D eigenvalue weighted by Gasteiger charge is 2.65. The van der Waals surface area contributed by atoms with Crippen LogP contribution in [0, 0.1) is 46.3 Å². The van der Waals surface area contributed by atoms with Crippen molar-refractivity contribution in [1.82, 2.24) is 0 Å². The van der Waals surface area contributed by atoms with Gasteiger partial charge in [-0.25, -0.2) is 4.79 Å². The highest BCUT2D eigenvalue weighted by molar-refractivity contribution is 6.33. The van der Waals surface area contributed by atoms with Crippen molar-refractivity contribution < 1.29 is 24.3 Å². The average Bonchev–Trinajstić information content (AvgIpc) is 2.85. The molecule has 0 radical (unpaired) electrons. The monoisotopic (exact) mass is 384 g/mol. The summed E-state index contributed by atoms with van der Waals surface area (Å²) < 4.78 is 0. The van der Waals surface area contributed by atoms with E-state index in [1.54, 1.807) is 12.2 Å². The van der Waals surface area contributed by atoms with Gasteiger partial charge in [-0.2, -0.15) is 0 Å². The molecule has 150 valence electrons. The first-order valence-electron chi connectivity index (χ1n) is 10.3. The molecule has 5 heteroatoms. The molecule has 0 aromatic rings. The molecule has 8 atom stereocenters. The highest BCUT2D eigenvalue weighted by atomic mass is 16.4. The van der Waals surface area contributed by atoms with Crippen LogP contribution in [0.5, 0.6) is 0 Å². The first kappa shape index (κ1) is 19.3. The number of carbonyl (C=O) groups is 4. The molecule has 4 aliphatic carbocycles. The fourth-order valence-corrected chi connectivity index (χ4v) is 7.52. The molecule has 0 amide bonds. The third-order valence-corrected chi connectivity index (χ3v) is 8.41. The van der Waals surface area contributed by atoms with E-state index in [2.05, 4.69) is 13.8 Å². The standard InChI is InChI=1S/C23H28O5/c1-11-7-14-16-8-12(2)18(20(26)21(27)28)23(16,4)10-17(25)19(14)22(3)6-5-13(24)9-15(11)22/h5-6,9,11-12,14,16,18-19H,7-8,10H2,1-4H3,(H,27,28)/t11-,12+,14-,16-,18+,19+,22-,23-/m0/s1. The van der Waals surface area contributed by atoms with Crippen LogP contribution in [0.15, 0.2) is 23.8 Å². The van der Waals surface area contributed by atoms with E-state index < -0.39 is 28.5 Å². The summed E-state index contributed by atoms with van der Waals surface area (Å²) in [5.74, 6) is -2.48. The Balaban J connectivity index is 1.79. The van der Waals surface area contributed by atoms with E-state index in [1.165, 1.54) is 0 Å². The van der Waals surface area contributed by atoms with Crippen LogP contribution < -0.4 is 0 Å². The Labute approximate surface area is 165 Å². The molecule has 0 aliphatic heterocycles. The minimum atomic E-state index is -1.39. The lowest BCUT2D eigenvalue weighted by Crippen LogP contribution is -2.56. The molecule has 0 spiro atoms. The van der Waals surface area contributed by atoms with Gasteiger partial charge in [-0.1, -0.05) is 39.3 Å². The number of carbonyl (C=O) groups excluding carboxylic acids is 3. The number of hydrogen-bond acceptors (Lipinski definition) is 4. The van der Waals surface area contributed by atoms with E-state index in [-0.39, 0.29) is 47.6 Å². The third kappa shape index (κ3) is 2.37. The molecular formula is C23H28O5. The Hall–Kier alpha value is -2.04. The third-order valence-electron chi connectivity index (χ3n) is 8.41. The fourth-order valence-electron chi connectivity index (χ4n) is 7.52. The minimum Gasteiger partial charge on any atom is -0.475 e. The summed E-state index contributed by atoms with van der Waals surface area (Å²) in [6.45, 7) is 8.09. The van der Waals surface area contributed by atoms with Gasteiger partial charge in [0.25, 0.3) is 0 Å². The Morgan fingerprint density at radius 3 is 2.46 bits per heavy atom. The predicted molar refractivity (Wildman–Crippen MR) is 102 cm³/mol. The second-order valence-corrected chi connectivity index (χ2v) is 10.0. The summed E-state index contributed by atoms with van der Waals surface area (Å²) in [6, 6.07) is 0. The van der Waals surface area contributed by atoms with E-state index in [0.717, 1.165) is 18.4 Å². The number of carboxylic acid groups (broad SMARTS) is 1. The molecule has 5 nitrogen and oxygen atoms in total. The van der Waals surface area contributed by atoms with Gasteiger partial charge >= 0.3 is 5.97 Å². The average molecular weight is 384 g/mol. The van der Waals surface area contributed by atoms with Crippen LogP contribution in [-0.2, 0) is 19.2 Å². The Morgan fingerprint density at radius 1 is 1.14 bits per heavy atom. The number of carboxylic acids is 1. The molecule has 4 aliphatic rings. The van der Waals surface area contributed by atoms with Crippen LogP contribution >= 0.6 is 0 Å². The van der Waals surface area contributed by atoms with Crippen molar-refractivity contribution in [2.45, 2.75) is 47.0 Å². The lowest BCUT2D eigenvalue weighted by atomic mass is 9.45. The van der Waals surface area contributed by atoms with Gasteiger partial charge in [0.1, 0.15) is 5.78 Å². The van der Waals surface area contributed by atoms with Gasteiger partial charge in [0.2, 0.25) is 5.78 Å². The first-order chi connectivity index (χ1) is 13.0. The molecule has 0 bridgehead atoms. The van der Waals surface area contributed by atoms with Crippen molar-refractivity contribution in [3.63, 3.8) is 0 Å². The summed E-state index contributed by atoms with van der Waals surface area (Å²) in [7, 11) is 0. The zero-order valence-corrected chi connectivity index (χ0v) is 16.9. The summed E-state index contributed by atoms with van der Waals surface area (Å²) in [5, 5.41) is 9.34. The van der Waals surface area contributed by atoms with Crippen molar-refractivity contribution in [3.05, 3.63) is 23.8 Å². The number of hydrogen-bond donors (Lipinski definition) is 1. The second kappa shape index (κ2) is 5.98. The minimum absolute atomic E-state index is 0.0209. The Bertz CT molecular complexity index is 851. The smallest absolute Gasteiger partial charge is 0.372 e. The van der Waals surface area contributed by atoms with Crippen molar-refractivity contribution in [3.8, 4) is 0 Å². The van der Waals surface area contributed by atoms with Gasteiger partial charge in [0.05, 0.1) is 0 Å². The van der Waals surface area contributed by atoms with Gasteiger partial charge in [0, 0.05) is 23.7 Å². The van der Waals surface area contributed by atoms with Gasteiger partial charge in [0.15, 0.2) is 5.78 Å². The molecular weight excluding hydrogens is 356 g/mol. The van der Waals surface area contributed by atoms with Crippen molar-refractivity contribution >= 4 is 23.3 Å². The number of allylic oxidation sites excluding steroid dienone is 4. The van der Waals surface area contributed by atoms with Gasteiger partial charge < -0.3 is 5.11 Å². The lowest BCUT2D eigenvalue weighted by molar-refractivity contribution is -0.157. The molecule has 0 unspecified atom stereocenters. The molecule has 0 aromatic carbocycles. The number of fused-ring (bicyclic) bond motifs is 5. The molecule has 0 saturated heterocycles. The van der Waals surface area contributed by atoms with Crippen LogP contribution in [0.4, 0.5) is 0 Å². The Kier molecular flexibility index (Phi) is 4.12. The van der Waals surface area contributed by atoms with E-state index in [4.69, 9.17) is 0 Å². The van der Waals surface area contributed by atoms with Crippen molar-refractivity contribution in [1.29, 1.82) is 0 Å². The highest BCUT2D eigenvalue weighted by Crippen LogP contribution is 2.66. The quantitative estimate of drug-likeness (QED) is 0.739. The normalized spacial score (nSPS) is 47.1. The number of Topliss-reactive ketones (excluding diaryl/α,β-unsaturated/α-hetero) is 2. The Morgan fingerprint density at radius 2 is 1.82 bits per heavy atom. The van der Waals surface area contributed by atoms with Crippen LogP contribution in [0.25, 0.3) is 0 Å². The molecule has 0 heterocycles. The largest absolute Gasteiger partial charge is 0.475 e. The second-order valence-electron chi connectivity index (χ2n) is 10.0. The maximum Gasteiger partial charge on any atom is 0.372 e. The van der Waals surface area contributed by atoms with Crippen molar-refractivity contribution in [2.75, 3.05) is 0 Å². The van der Waals surface area contributed by atoms with Crippen LogP contribution in [0.2, 0.25) is 0 Å². The lowest BCUT2D eigenvalue weighted by Gasteiger charge is -2.57. The zero-order chi connectivity index (χ0) is 20.6. The molecule has 3 fully saturated rings. The van der Waals surface area contributed by atoms with Gasteiger partial charge in [-0.15, -0.1) is 0 Å². The molecule has 28 heavy (non-hydrogen) atoms. The zero-order valence-electron chi connectivity index (χ0n) is 16.9.